The average molecular weight is 372 g/mol. The summed E-state index contributed by atoms with van der Waals surface area (Å²) in [7, 11) is 1.60. The Labute approximate surface area is 163 Å². The van der Waals surface area contributed by atoms with E-state index in [9.17, 15) is 4.79 Å². The first-order valence-corrected chi connectivity index (χ1v) is 9.50. The maximum absolute atomic E-state index is 11.7. The second kappa shape index (κ2) is 12.8. The molecular formula is C22H33N3O2. The normalized spacial score (nSPS) is 10.0. The zero-order chi connectivity index (χ0) is 20.1. The zero-order valence-corrected chi connectivity index (χ0v) is 16.9. The van der Waals surface area contributed by atoms with Crippen LogP contribution in [0, 0.1) is 0 Å². The summed E-state index contributed by atoms with van der Waals surface area (Å²) in [5.41, 5.74) is 8.10. The lowest BCUT2D eigenvalue weighted by atomic mass is 10.1. The number of carbonyl (C=O) groups is 1. The van der Waals surface area contributed by atoms with Gasteiger partial charge in [-0.3, -0.25) is 0 Å². The Morgan fingerprint density at radius 1 is 1.11 bits per heavy atom. The highest BCUT2D eigenvalue weighted by Crippen LogP contribution is 2.27. The van der Waals surface area contributed by atoms with Crippen LogP contribution in [0.2, 0.25) is 0 Å². The number of carbonyl (C=O) groups excluding carboxylic acids is 1. The molecule has 5 nitrogen and oxygen atoms in total. The van der Waals surface area contributed by atoms with Gasteiger partial charge in [-0.25, -0.2) is 4.79 Å². The molecule has 0 atom stereocenters. The van der Waals surface area contributed by atoms with Gasteiger partial charge in [0, 0.05) is 7.05 Å². The molecule has 148 valence electrons. The van der Waals surface area contributed by atoms with Gasteiger partial charge in [-0.1, -0.05) is 63.6 Å². The van der Waals surface area contributed by atoms with Gasteiger partial charge < -0.3 is 21.1 Å². The first-order valence-electron chi connectivity index (χ1n) is 9.50. The molecule has 2 rings (SSSR count). The predicted molar refractivity (Wildman–Crippen MR) is 113 cm³/mol. The number of benzene rings is 2. The number of nitrogens with two attached hydrogens (primary N) is 1. The third-order valence-corrected chi connectivity index (χ3v) is 3.58. The second-order valence-electron chi connectivity index (χ2n) is 6.66. The Balaban J connectivity index is 0.000000828. The molecular weight excluding hydrogens is 338 g/mol. The van der Waals surface area contributed by atoms with E-state index in [0.717, 1.165) is 24.8 Å². The van der Waals surface area contributed by atoms with E-state index in [2.05, 4.69) is 23.6 Å². The molecule has 2 aromatic rings. The van der Waals surface area contributed by atoms with Crippen molar-refractivity contribution in [3.05, 3.63) is 59.7 Å². The van der Waals surface area contributed by atoms with Crippen LogP contribution < -0.4 is 21.1 Å². The van der Waals surface area contributed by atoms with Gasteiger partial charge in [0.1, 0.15) is 12.4 Å². The van der Waals surface area contributed by atoms with Crippen LogP contribution in [0.25, 0.3) is 0 Å². The average Bonchev–Trinajstić information content (AvgIpc) is 2.66. The van der Waals surface area contributed by atoms with E-state index in [0.29, 0.717) is 24.1 Å². The standard InChI is InChI=1S/C19H24N2O2.C3H9N/c1-3-4-8-15-11-12-18(17(13-15)21-19(22)20-2)23-14-16-9-6-5-7-10-16;1-3(2)4/h5-7,9-13H,3-4,8,14H2,1-2H3,(H2,20,21,22);3H,4H2,1-2H3. The highest BCUT2D eigenvalue weighted by molar-refractivity contribution is 5.90. The molecule has 0 spiro atoms. The second-order valence-corrected chi connectivity index (χ2v) is 6.66. The van der Waals surface area contributed by atoms with Crippen molar-refractivity contribution in [1.82, 2.24) is 5.32 Å². The molecule has 0 saturated carbocycles. The number of unbranched alkanes of at least 4 members (excludes halogenated alkanes) is 1. The van der Waals surface area contributed by atoms with Gasteiger partial charge in [0.2, 0.25) is 0 Å². The van der Waals surface area contributed by atoms with Crippen molar-refractivity contribution in [1.29, 1.82) is 0 Å². The highest BCUT2D eigenvalue weighted by atomic mass is 16.5. The fourth-order valence-corrected chi connectivity index (χ4v) is 2.26. The lowest BCUT2D eigenvalue weighted by Crippen LogP contribution is -2.24. The lowest BCUT2D eigenvalue weighted by molar-refractivity contribution is 0.253. The van der Waals surface area contributed by atoms with Crippen molar-refractivity contribution < 1.29 is 9.53 Å². The number of hydrogen-bond acceptors (Lipinski definition) is 3. The number of urea groups is 1. The van der Waals surface area contributed by atoms with Gasteiger partial charge in [-0.05, 0) is 42.1 Å². The molecule has 0 unspecified atom stereocenters. The number of ether oxygens (including phenoxy) is 1. The van der Waals surface area contributed by atoms with E-state index >= 15 is 0 Å². The predicted octanol–water partition coefficient (Wildman–Crippen LogP) is 4.71. The van der Waals surface area contributed by atoms with Crippen LogP contribution in [-0.4, -0.2) is 19.1 Å². The number of anilines is 1. The maximum atomic E-state index is 11.7. The topological polar surface area (TPSA) is 76.4 Å². The molecule has 0 aromatic heterocycles. The molecule has 0 aliphatic heterocycles. The largest absolute Gasteiger partial charge is 0.487 e. The number of hydrogen-bond donors (Lipinski definition) is 3. The zero-order valence-electron chi connectivity index (χ0n) is 16.9. The summed E-state index contributed by atoms with van der Waals surface area (Å²) < 4.78 is 5.89. The van der Waals surface area contributed by atoms with Gasteiger partial charge in [0.25, 0.3) is 0 Å². The number of rotatable bonds is 7. The van der Waals surface area contributed by atoms with Crippen molar-refractivity contribution >= 4 is 11.7 Å². The van der Waals surface area contributed by atoms with Crippen LogP contribution in [0.3, 0.4) is 0 Å². The maximum Gasteiger partial charge on any atom is 0.319 e. The van der Waals surface area contributed by atoms with Crippen LogP contribution >= 0.6 is 0 Å². The van der Waals surface area contributed by atoms with Crippen molar-refractivity contribution in [2.45, 2.75) is 52.7 Å². The van der Waals surface area contributed by atoms with Gasteiger partial charge in [0.05, 0.1) is 5.69 Å². The van der Waals surface area contributed by atoms with Crippen molar-refractivity contribution in [3.63, 3.8) is 0 Å². The minimum absolute atomic E-state index is 0.248. The summed E-state index contributed by atoms with van der Waals surface area (Å²) in [6.07, 6.45) is 3.27. The van der Waals surface area contributed by atoms with Gasteiger partial charge in [-0.2, -0.15) is 0 Å². The highest BCUT2D eigenvalue weighted by Gasteiger charge is 2.09. The van der Waals surface area contributed by atoms with Crippen molar-refractivity contribution in [2.24, 2.45) is 5.73 Å². The molecule has 27 heavy (non-hydrogen) atoms. The quantitative estimate of drug-likeness (QED) is 0.659. The molecule has 0 bridgehead atoms. The van der Waals surface area contributed by atoms with Crippen LogP contribution in [0.15, 0.2) is 48.5 Å². The molecule has 5 heteroatoms. The van der Waals surface area contributed by atoms with Crippen molar-refractivity contribution in [3.8, 4) is 5.75 Å². The molecule has 0 radical (unpaired) electrons. The number of nitrogens with one attached hydrogen (secondary N) is 2. The molecule has 0 heterocycles. The summed E-state index contributed by atoms with van der Waals surface area (Å²) in [5.74, 6) is 0.678. The summed E-state index contributed by atoms with van der Waals surface area (Å²) in [6, 6.07) is 16.0. The third kappa shape index (κ3) is 9.66. The lowest BCUT2D eigenvalue weighted by Gasteiger charge is -2.14. The van der Waals surface area contributed by atoms with E-state index in [-0.39, 0.29) is 6.03 Å². The van der Waals surface area contributed by atoms with Crippen LogP contribution in [0.5, 0.6) is 5.75 Å². The Kier molecular flexibility index (Phi) is 10.6. The monoisotopic (exact) mass is 371 g/mol. The SMILES string of the molecule is CC(C)N.CCCCc1ccc(OCc2ccccc2)c(NC(=O)NC)c1. The molecule has 0 fully saturated rings. The Hall–Kier alpha value is -2.53. The molecule has 0 saturated heterocycles. The van der Waals surface area contributed by atoms with E-state index in [1.54, 1.807) is 7.05 Å². The minimum atomic E-state index is -0.248. The Morgan fingerprint density at radius 2 is 1.78 bits per heavy atom. The molecule has 0 aliphatic rings. The fourth-order valence-electron chi connectivity index (χ4n) is 2.26. The summed E-state index contributed by atoms with van der Waals surface area (Å²) >= 11 is 0. The summed E-state index contributed by atoms with van der Waals surface area (Å²) in [5, 5.41) is 5.41. The number of aryl methyl sites for hydroxylation is 1. The first-order chi connectivity index (χ1) is 13.0. The van der Waals surface area contributed by atoms with E-state index < -0.39 is 0 Å². The number of amides is 2. The van der Waals surface area contributed by atoms with Crippen LogP contribution in [-0.2, 0) is 13.0 Å². The van der Waals surface area contributed by atoms with E-state index in [1.165, 1.54) is 5.56 Å². The van der Waals surface area contributed by atoms with E-state index in [1.807, 2.05) is 56.3 Å². The van der Waals surface area contributed by atoms with Gasteiger partial charge in [-0.15, -0.1) is 0 Å². The molecule has 0 aliphatic carbocycles. The molecule has 4 N–H and O–H groups in total. The summed E-state index contributed by atoms with van der Waals surface area (Å²) in [6.45, 7) is 6.53. The van der Waals surface area contributed by atoms with Gasteiger partial charge >= 0.3 is 6.03 Å². The third-order valence-electron chi connectivity index (χ3n) is 3.58. The minimum Gasteiger partial charge on any atom is -0.487 e. The molecule has 2 amide bonds. The van der Waals surface area contributed by atoms with Crippen LogP contribution in [0.1, 0.15) is 44.7 Å². The van der Waals surface area contributed by atoms with E-state index in [4.69, 9.17) is 10.5 Å². The van der Waals surface area contributed by atoms with Gasteiger partial charge in [0.15, 0.2) is 0 Å². The summed E-state index contributed by atoms with van der Waals surface area (Å²) in [4.78, 5) is 11.7. The smallest absolute Gasteiger partial charge is 0.319 e. The Morgan fingerprint density at radius 3 is 2.37 bits per heavy atom. The fraction of sp³-hybridized carbons (Fsp3) is 0.409. The van der Waals surface area contributed by atoms with Crippen molar-refractivity contribution in [2.75, 3.05) is 12.4 Å². The first kappa shape index (κ1) is 22.5. The molecule has 2 aromatic carbocycles. The Bertz CT molecular complexity index is 670. The van der Waals surface area contributed by atoms with Crippen LogP contribution in [0.4, 0.5) is 10.5 Å².